The molecule has 4 nitrogen and oxygen atoms in total. The number of unbranched alkanes of at least 4 members (excludes halogenated alkanes) is 1. The lowest BCUT2D eigenvalue weighted by molar-refractivity contribution is 0.290. The van der Waals surface area contributed by atoms with Crippen molar-refractivity contribution < 1.29 is 8.42 Å². The Morgan fingerprint density at radius 1 is 1.29 bits per heavy atom. The maximum atomic E-state index is 12.2. The monoisotopic (exact) mass is 282 g/mol. The Bertz CT molecular complexity index is 321. The lowest BCUT2D eigenvalue weighted by Gasteiger charge is -2.27. The highest BCUT2D eigenvalue weighted by atomic mass is 35.5. The lowest BCUT2D eigenvalue weighted by atomic mass is 10.3. The Morgan fingerprint density at radius 2 is 2.00 bits per heavy atom. The normalized spacial score (nSPS) is 24.8. The topological polar surface area (TPSA) is 40.6 Å². The molecule has 1 saturated heterocycles. The van der Waals surface area contributed by atoms with E-state index in [1.165, 1.54) is 0 Å². The second-order valence-electron chi connectivity index (χ2n) is 4.79. The fourth-order valence-electron chi connectivity index (χ4n) is 2.26. The van der Waals surface area contributed by atoms with Crippen LogP contribution in [0.25, 0.3) is 0 Å². The van der Waals surface area contributed by atoms with Crippen LogP contribution >= 0.6 is 11.6 Å². The zero-order valence-corrected chi connectivity index (χ0v) is 12.3. The zero-order chi connectivity index (χ0) is 12.9. The van der Waals surface area contributed by atoms with Crippen LogP contribution in [0.1, 0.15) is 26.2 Å². The summed E-state index contributed by atoms with van der Waals surface area (Å²) in [7, 11) is -1.06. The average molecular weight is 283 g/mol. The van der Waals surface area contributed by atoms with Crippen molar-refractivity contribution in [3.63, 3.8) is 0 Å². The number of halogens is 1. The molecule has 0 N–H and O–H groups in total. The van der Waals surface area contributed by atoms with Crippen LogP contribution < -0.4 is 0 Å². The predicted octanol–water partition coefficient (Wildman–Crippen LogP) is 1.36. The van der Waals surface area contributed by atoms with Crippen LogP contribution in [0.5, 0.6) is 0 Å². The van der Waals surface area contributed by atoms with Gasteiger partial charge in [-0.3, -0.25) is 0 Å². The number of alkyl halides is 1. The SMILES string of the molecule is CC1CN(C)CCCN1S(=O)(=O)CCCCCl. The van der Waals surface area contributed by atoms with Crippen molar-refractivity contribution in [3.8, 4) is 0 Å². The van der Waals surface area contributed by atoms with Gasteiger partial charge in [0, 0.05) is 25.0 Å². The third kappa shape index (κ3) is 4.73. The van der Waals surface area contributed by atoms with Gasteiger partial charge >= 0.3 is 0 Å². The predicted molar refractivity (Wildman–Crippen MR) is 72.0 cm³/mol. The molecular weight excluding hydrogens is 260 g/mol. The molecule has 1 aliphatic heterocycles. The Labute approximate surface area is 110 Å². The van der Waals surface area contributed by atoms with Gasteiger partial charge in [-0.15, -0.1) is 11.6 Å². The number of hydrogen-bond acceptors (Lipinski definition) is 3. The Balaban J connectivity index is 2.62. The van der Waals surface area contributed by atoms with Gasteiger partial charge in [0.25, 0.3) is 0 Å². The second kappa shape index (κ2) is 6.92. The van der Waals surface area contributed by atoms with Crippen molar-refractivity contribution in [2.45, 2.75) is 32.2 Å². The number of sulfonamides is 1. The summed E-state index contributed by atoms with van der Waals surface area (Å²) in [6, 6.07) is 0.0727. The van der Waals surface area contributed by atoms with Gasteiger partial charge in [0.15, 0.2) is 0 Å². The molecular formula is C11H23ClN2O2S. The van der Waals surface area contributed by atoms with Crippen molar-refractivity contribution in [2.75, 3.05) is 38.3 Å². The van der Waals surface area contributed by atoms with E-state index in [0.717, 1.165) is 25.9 Å². The van der Waals surface area contributed by atoms with Gasteiger partial charge in [0.05, 0.1) is 5.75 Å². The Kier molecular flexibility index (Phi) is 6.20. The summed E-state index contributed by atoms with van der Waals surface area (Å²) in [5.41, 5.74) is 0. The van der Waals surface area contributed by atoms with E-state index in [1.54, 1.807) is 4.31 Å². The largest absolute Gasteiger partial charge is 0.305 e. The van der Waals surface area contributed by atoms with Crippen LogP contribution in [0.4, 0.5) is 0 Å². The molecule has 0 aromatic rings. The van der Waals surface area contributed by atoms with E-state index in [2.05, 4.69) is 4.90 Å². The van der Waals surface area contributed by atoms with Gasteiger partial charge in [-0.2, -0.15) is 4.31 Å². The Morgan fingerprint density at radius 3 is 2.65 bits per heavy atom. The third-order valence-electron chi connectivity index (χ3n) is 3.13. The van der Waals surface area contributed by atoms with Crippen molar-refractivity contribution in [1.29, 1.82) is 0 Å². The van der Waals surface area contributed by atoms with E-state index in [-0.39, 0.29) is 11.8 Å². The molecule has 0 radical (unpaired) electrons. The smallest absolute Gasteiger partial charge is 0.214 e. The number of likely N-dealkylation sites (N-methyl/N-ethyl adjacent to an activating group) is 1. The molecule has 1 atom stereocenters. The number of hydrogen-bond donors (Lipinski definition) is 0. The summed E-state index contributed by atoms with van der Waals surface area (Å²) in [5, 5.41) is 0. The summed E-state index contributed by atoms with van der Waals surface area (Å²) < 4.78 is 26.1. The van der Waals surface area contributed by atoms with Crippen LogP contribution in [-0.4, -0.2) is 62.0 Å². The highest BCUT2D eigenvalue weighted by Gasteiger charge is 2.29. The molecule has 0 amide bonds. The van der Waals surface area contributed by atoms with Gasteiger partial charge in [-0.25, -0.2) is 8.42 Å². The summed E-state index contributed by atoms with van der Waals surface area (Å²) >= 11 is 5.57. The molecule has 0 aromatic carbocycles. The summed E-state index contributed by atoms with van der Waals surface area (Å²) in [4.78, 5) is 2.19. The summed E-state index contributed by atoms with van der Waals surface area (Å²) in [5.74, 6) is 0.765. The first-order chi connectivity index (χ1) is 7.97. The number of nitrogens with zero attached hydrogens (tertiary/aromatic N) is 2. The van der Waals surface area contributed by atoms with Crippen molar-refractivity contribution in [1.82, 2.24) is 9.21 Å². The second-order valence-corrected chi connectivity index (χ2v) is 7.21. The zero-order valence-electron chi connectivity index (χ0n) is 10.7. The highest BCUT2D eigenvalue weighted by Crippen LogP contribution is 2.15. The van der Waals surface area contributed by atoms with E-state index in [0.29, 0.717) is 18.8 Å². The molecule has 0 saturated carbocycles. The van der Waals surface area contributed by atoms with Gasteiger partial charge < -0.3 is 4.90 Å². The quantitative estimate of drug-likeness (QED) is 0.565. The van der Waals surface area contributed by atoms with Gasteiger partial charge in [-0.05, 0) is 39.8 Å². The maximum absolute atomic E-state index is 12.2. The van der Waals surface area contributed by atoms with Gasteiger partial charge in [0.2, 0.25) is 10.0 Å². The minimum Gasteiger partial charge on any atom is -0.305 e. The molecule has 17 heavy (non-hydrogen) atoms. The van der Waals surface area contributed by atoms with Crippen molar-refractivity contribution >= 4 is 21.6 Å². The third-order valence-corrected chi connectivity index (χ3v) is 5.46. The van der Waals surface area contributed by atoms with Crippen molar-refractivity contribution in [3.05, 3.63) is 0 Å². The van der Waals surface area contributed by atoms with Crippen LogP contribution in [0.2, 0.25) is 0 Å². The molecule has 0 aromatic heterocycles. The minimum atomic E-state index is -3.10. The van der Waals surface area contributed by atoms with E-state index < -0.39 is 10.0 Å². The van der Waals surface area contributed by atoms with Gasteiger partial charge in [0.1, 0.15) is 0 Å². The summed E-state index contributed by atoms with van der Waals surface area (Å²) in [6.07, 6.45) is 2.34. The van der Waals surface area contributed by atoms with E-state index in [9.17, 15) is 8.42 Å². The molecule has 1 aliphatic rings. The fourth-order valence-corrected chi connectivity index (χ4v) is 4.27. The fraction of sp³-hybridized carbons (Fsp3) is 1.00. The molecule has 0 spiro atoms. The van der Waals surface area contributed by atoms with E-state index in [1.807, 2.05) is 14.0 Å². The van der Waals surface area contributed by atoms with E-state index in [4.69, 9.17) is 11.6 Å². The van der Waals surface area contributed by atoms with Crippen LogP contribution in [0.15, 0.2) is 0 Å². The van der Waals surface area contributed by atoms with Crippen LogP contribution in [-0.2, 0) is 10.0 Å². The van der Waals surface area contributed by atoms with Gasteiger partial charge in [-0.1, -0.05) is 0 Å². The molecule has 1 unspecified atom stereocenters. The summed E-state index contributed by atoms with van der Waals surface area (Å²) in [6.45, 7) is 4.42. The van der Waals surface area contributed by atoms with Crippen LogP contribution in [0, 0.1) is 0 Å². The highest BCUT2D eigenvalue weighted by molar-refractivity contribution is 7.89. The van der Waals surface area contributed by atoms with Crippen molar-refractivity contribution in [2.24, 2.45) is 0 Å². The Hall–Kier alpha value is 0.160. The first-order valence-corrected chi connectivity index (χ1v) is 8.36. The number of rotatable bonds is 5. The molecule has 0 aliphatic carbocycles. The first-order valence-electron chi connectivity index (χ1n) is 6.21. The average Bonchev–Trinajstić information content (AvgIpc) is 2.39. The molecule has 0 bridgehead atoms. The lowest BCUT2D eigenvalue weighted by Crippen LogP contribution is -2.43. The molecule has 6 heteroatoms. The molecule has 1 heterocycles. The first kappa shape index (κ1) is 15.2. The molecule has 1 rings (SSSR count). The molecule has 102 valence electrons. The van der Waals surface area contributed by atoms with E-state index >= 15 is 0 Å². The molecule has 1 fully saturated rings. The maximum Gasteiger partial charge on any atom is 0.214 e. The standard InChI is InChI=1S/C11H23ClN2O2S/c1-11-10-13(2)7-5-8-14(11)17(15,16)9-4-3-6-12/h11H,3-10H2,1-2H3. The minimum absolute atomic E-state index is 0.0727. The van der Waals surface area contributed by atoms with Crippen LogP contribution in [0.3, 0.4) is 0 Å².